The SMILES string of the molecule is CC1CCCCN1S(=O)(=O)NC(C)(C)CO. The molecule has 0 aromatic rings. The van der Waals surface area contributed by atoms with Gasteiger partial charge in [0, 0.05) is 12.6 Å². The monoisotopic (exact) mass is 250 g/mol. The number of aliphatic hydroxyl groups is 1. The highest BCUT2D eigenvalue weighted by Gasteiger charge is 2.33. The van der Waals surface area contributed by atoms with Crippen LogP contribution < -0.4 is 4.72 Å². The Morgan fingerprint density at radius 1 is 1.44 bits per heavy atom. The molecule has 16 heavy (non-hydrogen) atoms. The Hall–Kier alpha value is -0.170. The maximum absolute atomic E-state index is 12.1. The van der Waals surface area contributed by atoms with Crippen molar-refractivity contribution in [3.05, 3.63) is 0 Å². The Morgan fingerprint density at radius 3 is 2.56 bits per heavy atom. The molecule has 6 heteroatoms. The molecule has 0 aliphatic carbocycles. The van der Waals surface area contributed by atoms with Crippen LogP contribution in [0, 0.1) is 0 Å². The fourth-order valence-electron chi connectivity index (χ4n) is 1.87. The molecule has 2 N–H and O–H groups in total. The summed E-state index contributed by atoms with van der Waals surface area (Å²) in [5.41, 5.74) is -0.810. The van der Waals surface area contributed by atoms with Crippen molar-refractivity contribution in [2.24, 2.45) is 0 Å². The van der Waals surface area contributed by atoms with Crippen molar-refractivity contribution in [1.82, 2.24) is 9.03 Å². The zero-order chi connectivity index (χ0) is 12.4. The lowest BCUT2D eigenvalue weighted by Gasteiger charge is -2.35. The minimum Gasteiger partial charge on any atom is -0.394 e. The van der Waals surface area contributed by atoms with Crippen LogP contribution in [-0.2, 0) is 10.2 Å². The van der Waals surface area contributed by atoms with Crippen LogP contribution in [0.5, 0.6) is 0 Å². The minimum atomic E-state index is -3.48. The van der Waals surface area contributed by atoms with Crippen LogP contribution >= 0.6 is 0 Å². The Bertz CT molecular complexity index is 327. The third kappa shape index (κ3) is 3.41. The van der Waals surface area contributed by atoms with Crippen molar-refractivity contribution < 1.29 is 13.5 Å². The smallest absolute Gasteiger partial charge is 0.280 e. The van der Waals surface area contributed by atoms with E-state index in [-0.39, 0.29) is 12.6 Å². The average molecular weight is 250 g/mol. The third-order valence-corrected chi connectivity index (χ3v) is 4.82. The van der Waals surface area contributed by atoms with Gasteiger partial charge < -0.3 is 5.11 Å². The lowest BCUT2D eigenvalue weighted by molar-refractivity contribution is 0.200. The summed E-state index contributed by atoms with van der Waals surface area (Å²) in [5, 5.41) is 9.08. The minimum absolute atomic E-state index is 0.0424. The van der Waals surface area contributed by atoms with E-state index >= 15 is 0 Å². The van der Waals surface area contributed by atoms with E-state index in [0.717, 1.165) is 19.3 Å². The second-order valence-corrected chi connectivity index (χ2v) is 6.73. The Morgan fingerprint density at radius 2 is 2.06 bits per heavy atom. The van der Waals surface area contributed by atoms with E-state index in [1.807, 2.05) is 6.92 Å². The standard InChI is InChI=1S/C10H22N2O3S/c1-9-6-4-5-7-12(9)16(14,15)11-10(2,3)8-13/h9,11,13H,4-8H2,1-3H3. The average Bonchev–Trinajstić information content (AvgIpc) is 2.16. The number of piperidine rings is 1. The lowest BCUT2D eigenvalue weighted by Crippen LogP contribution is -2.55. The first-order valence-electron chi connectivity index (χ1n) is 5.70. The predicted octanol–water partition coefficient (Wildman–Crippen LogP) is 0.466. The lowest BCUT2D eigenvalue weighted by atomic mass is 10.1. The van der Waals surface area contributed by atoms with E-state index in [1.165, 1.54) is 4.31 Å². The van der Waals surface area contributed by atoms with Gasteiger partial charge in [0.15, 0.2) is 0 Å². The number of aliphatic hydroxyl groups excluding tert-OH is 1. The van der Waals surface area contributed by atoms with E-state index in [1.54, 1.807) is 13.8 Å². The van der Waals surface area contributed by atoms with Crippen molar-refractivity contribution in [2.75, 3.05) is 13.2 Å². The molecule has 0 bridgehead atoms. The summed E-state index contributed by atoms with van der Waals surface area (Å²) >= 11 is 0. The number of hydrogen-bond acceptors (Lipinski definition) is 3. The number of rotatable bonds is 4. The summed E-state index contributed by atoms with van der Waals surface area (Å²) in [6.07, 6.45) is 2.89. The fraction of sp³-hybridized carbons (Fsp3) is 1.00. The van der Waals surface area contributed by atoms with Gasteiger partial charge in [-0.1, -0.05) is 6.42 Å². The Kier molecular flexibility index (Phi) is 4.34. The van der Waals surface area contributed by atoms with Crippen LogP contribution in [0.15, 0.2) is 0 Å². The number of nitrogens with one attached hydrogen (secondary N) is 1. The molecule has 1 aliphatic rings. The number of hydrogen-bond donors (Lipinski definition) is 2. The van der Waals surface area contributed by atoms with Gasteiger partial charge in [-0.2, -0.15) is 17.4 Å². The van der Waals surface area contributed by atoms with Gasteiger partial charge in [-0.25, -0.2) is 0 Å². The van der Waals surface area contributed by atoms with Crippen LogP contribution in [0.3, 0.4) is 0 Å². The summed E-state index contributed by atoms with van der Waals surface area (Å²) < 4.78 is 28.2. The van der Waals surface area contributed by atoms with E-state index < -0.39 is 15.7 Å². The highest BCUT2D eigenvalue weighted by Crippen LogP contribution is 2.20. The zero-order valence-corrected chi connectivity index (χ0v) is 11.0. The van der Waals surface area contributed by atoms with Crippen molar-refractivity contribution in [3.8, 4) is 0 Å². The molecule has 0 spiro atoms. The molecule has 5 nitrogen and oxygen atoms in total. The molecule has 0 radical (unpaired) electrons. The van der Waals surface area contributed by atoms with Gasteiger partial charge in [-0.05, 0) is 33.6 Å². The predicted molar refractivity (Wildman–Crippen MR) is 63.2 cm³/mol. The van der Waals surface area contributed by atoms with Gasteiger partial charge in [0.05, 0.1) is 12.1 Å². The summed E-state index contributed by atoms with van der Waals surface area (Å²) in [7, 11) is -3.48. The molecule has 1 unspecified atom stereocenters. The van der Waals surface area contributed by atoms with E-state index in [0.29, 0.717) is 6.54 Å². The van der Waals surface area contributed by atoms with E-state index in [2.05, 4.69) is 4.72 Å². The Labute approximate surface area is 98.0 Å². The molecule has 1 atom stereocenters. The molecule has 0 amide bonds. The number of nitrogens with zero attached hydrogens (tertiary/aromatic N) is 1. The zero-order valence-electron chi connectivity index (χ0n) is 10.2. The quantitative estimate of drug-likeness (QED) is 0.762. The highest BCUT2D eigenvalue weighted by molar-refractivity contribution is 7.87. The summed E-state index contributed by atoms with van der Waals surface area (Å²) in [6, 6.07) is 0.0424. The van der Waals surface area contributed by atoms with Gasteiger partial charge in [0.2, 0.25) is 0 Å². The molecular weight excluding hydrogens is 228 g/mol. The molecule has 0 saturated carbocycles. The van der Waals surface area contributed by atoms with Crippen LogP contribution in [0.1, 0.15) is 40.0 Å². The van der Waals surface area contributed by atoms with Gasteiger partial charge in [-0.3, -0.25) is 0 Å². The highest BCUT2D eigenvalue weighted by atomic mass is 32.2. The topological polar surface area (TPSA) is 69.6 Å². The molecule has 96 valence electrons. The van der Waals surface area contributed by atoms with Crippen molar-refractivity contribution in [1.29, 1.82) is 0 Å². The normalized spacial score (nSPS) is 24.6. The summed E-state index contributed by atoms with van der Waals surface area (Å²) in [4.78, 5) is 0. The van der Waals surface area contributed by atoms with Gasteiger partial charge in [0.1, 0.15) is 0 Å². The molecule has 1 heterocycles. The van der Waals surface area contributed by atoms with Gasteiger partial charge >= 0.3 is 0 Å². The van der Waals surface area contributed by atoms with Crippen LogP contribution in [0.2, 0.25) is 0 Å². The molecule has 1 rings (SSSR count). The molecule has 1 saturated heterocycles. The maximum Gasteiger partial charge on any atom is 0.280 e. The first-order chi connectivity index (χ1) is 7.28. The van der Waals surface area contributed by atoms with Crippen molar-refractivity contribution in [3.63, 3.8) is 0 Å². The van der Waals surface area contributed by atoms with Crippen LogP contribution in [0.25, 0.3) is 0 Å². The summed E-state index contributed by atoms with van der Waals surface area (Å²) in [5.74, 6) is 0. The molecule has 0 aromatic carbocycles. The summed E-state index contributed by atoms with van der Waals surface area (Å²) in [6.45, 7) is 5.61. The molecule has 0 aromatic heterocycles. The first kappa shape index (κ1) is 13.9. The van der Waals surface area contributed by atoms with Crippen molar-refractivity contribution >= 4 is 10.2 Å². The molecular formula is C10H22N2O3S. The Balaban J connectivity index is 2.77. The van der Waals surface area contributed by atoms with E-state index in [9.17, 15) is 8.42 Å². The van der Waals surface area contributed by atoms with Crippen LogP contribution in [0.4, 0.5) is 0 Å². The molecule has 1 fully saturated rings. The van der Waals surface area contributed by atoms with Gasteiger partial charge in [0.25, 0.3) is 10.2 Å². The van der Waals surface area contributed by atoms with Gasteiger partial charge in [-0.15, -0.1) is 0 Å². The molecule has 1 aliphatic heterocycles. The van der Waals surface area contributed by atoms with Crippen LogP contribution in [-0.4, -0.2) is 42.6 Å². The van der Waals surface area contributed by atoms with Crippen molar-refractivity contribution in [2.45, 2.75) is 51.6 Å². The fourth-order valence-corrected chi connectivity index (χ4v) is 3.70. The van der Waals surface area contributed by atoms with E-state index in [4.69, 9.17) is 5.11 Å². The second-order valence-electron chi connectivity index (χ2n) is 5.10. The first-order valence-corrected chi connectivity index (χ1v) is 7.14. The third-order valence-electron chi connectivity index (χ3n) is 2.85. The maximum atomic E-state index is 12.1. The largest absolute Gasteiger partial charge is 0.394 e. The second kappa shape index (κ2) is 5.00.